The molecule has 0 saturated carbocycles. The van der Waals surface area contributed by atoms with Crippen LogP contribution in [0.3, 0.4) is 0 Å². The fourth-order valence-corrected chi connectivity index (χ4v) is 3.72. The Balaban J connectivity index is 1.70. The van der Waals surface area contributed by atoms with Crippen molar-refractivity contribution < 1.29 is 18.7 Å². The van der Waals surface area contributed by atoms with Crippen LogP contribution in [0.25, 0.3) is 0 Å². The van der Waals surface area contributed by atoms with Crippen molar-refractivity contribution in [1.82, 2.24) is 19.6 Å². The summed E-state index contributed by atoms with van der Waals surface area (Å²) >= 11 is 5.81. The maximum absolute atomic E-state index is 13.9. The molecule has 0 bridgehead atoms. The Hall–Kier alpha value is -2.49. The molecule has 2 heterocycles. The molecule has 1 aromatic carbocycles. The van der Waals surface area contributed by atoms with E-state index in [9.17, 15) is 14.0 Å². The van der Waals surface area contributed by atoms with Crippen LogP contribution >= 0.6 is 11.6 Å². The molecule has 8 nitrogen and oxygen atoms in total. The summed E-state index contributed by atoms with van der Waals surface area (Å²) in [6.07, 6.45) is 4.15. The van der Waals surface area contributed by atoms with E-state index in [1.54, 1.807) is 38.6 Å². The molecule has 0 spiro atoms. The van der Waals surface area contributed by atoms with Crippen molar-refractivity contribution in [2.75, 3.05) is 39.2 Å². The van der Waals surface area contributed by atoms with Gasteiger partial charge in [0.05, 0.1) is 29.6 Å². The van der Waals surface area contributed by atoms with Gasteiger partial charge in [0.1, 0.15) is 12.4 Å². The highest BCUT2D eigenvalue weighted by atomic mass is 35.5. The number of ether oxygens (including phenoxy) is 1. The van der Waals surface area contributed by atoms with Crippen molar-refractivity contribution in [3.8, 4) is 0 Å². The van der Waals surface area contributed by atoms with Gasteiger partial charge in [0.2, 0.25) is 11.8 Å². The molecule has 2 aromatic rings. The SMILES string of the molecule is CC(=O)Nc1cnn([C@H]2C[C@@H](COCC(=O)N(C)C)N(Cc3ccc(Cl)c(F)c3)C2)c1. The molecule has 1 aliphatic rings. The molecular formula is C21H27ClFN5O3. The molecule has 1 N–H and O–H groups in total. The number of hydrogen-bond donors (Lipinski definition) is 1. The Morgan fingerprint density at radius 1 is 1.39 bits per heavy atom. The summed E-state index contributed by atoms with van der Waals surface area (Å²) in [6.45, 7) is 3.00. The van der Waals surface area contributed by atoms with E-state index >= 15 is 0 Å². The van der Waals surface area contributed by atoms with Crippen LogP contribution in [0.1, 0.15) is 24.9 Å². The van der Waals surface area contributed by atoms with Gasteiger partial charge in [-0.3, -0.25) is 19.2 Å². The molecule has 2 amide bonds. The standard InChI is InChI=1S/C21H27ClFN5O3/c1-14(29)25-16-8-24-28(10-16)17-7-18(12-31-13-21(30)26(2)3)27(11-17)9-15-4-5-19(22)20(23)6-15/h4-6,8,10,17-18H,7,9,11-13H2,1-3H3,(H,25,29)/t17-,18-/m0/s1. The van der Waals surface area contributed by atoms with Crippen LogP contribution < -0.4 is 5.32 Å². The average Bonchev–Trinajstić information content (AvgIpc) is 3.31. The fourth-order valence-electron chi connectivity index (χ4n) is 3.61. The molecule has 0 aliphatic carbocycles. The minimum atomic E-state index is -0.452. The van der Waals surface area contributed by atoms with E-state index in [2.05, 4.69) is 15.3 Å². The Morgan fingerprint density at radius 2 is 2.16 bits per heavy atom. The maximum Gasteiger partial charge on any atom is 0.248 e. The molecule has 31 heavy (non-hydrogen) atoms. The van der Waals surface area contributed by atoms with Gasteiger partial charge in [-0.25, -0.2) is 4.39 Å². The number of carbonyl (C=O) groups is 2. The third-order valence-corrected chi connectivity index (χ3v) is 5.51. The van der Waals surface area contributed by atoms with E-state index in [4.69, 9.17) is 16.3 Å². The molecule has 1 aliphatic heterocycles. The van der Waals surface area contributed by atoms with Gasteiger partial charge in [-0.1, -0.05) is 17.7 Å². The van der Waals surface area contributed by atoms with Crippen LogP contribution in [0.5, 0.6) is 0 Å². The normalized spacial score (nSPS) is 18.9. The molecule has 1 saturated heterocycles. The number of amides is 2. The molecule has 10 heteroatoms. The number of carbonyl (C=O) groups excluding carboxylic acids is 2. The minimum absolute atomic E-state index is 0.00598. The number of rotatable bonds is 8. The number of halogens is 2. The van der Waals surface area contributed by atoms with E-state index < -0.39 is 5.82 Å². The number of benzene rings is 1. The Morgan fingerprint density at radius 3 is 2.84 bits per heavy atom. The summed E-state index contributed by atoms with van der Waals surface area (Å²) in [7, 11) is 3.37. The van der Waals surface area contributed by atoms with Crippen molar-refractivity contribution >= 4 is 29.1 Å². The van der Waals surface area contributed by atoms with Crippen LogP contribution in [-0.2, 0) is 20.9 Å². The van der Waals surface area contributed by atoms with E-state index in [1.807, 2.05) is 4.68 Å². The summed E-state index contributed by atoms with van der Waals surface area (Å²) in [5.74, 6) is -0.714. The second kappa shape index (κ2) is 10.2. The van der Waals surface area contributed by atoms with Crippen LogP contribution in [-0.4, -0.2) is 71.3 Å². The first-order valence-corrected chi connectivity index (χ1v) is 10.4. The average molecular weight is 452 g/mol. The second-order valence-electron chi connectivity index (χ2n) is 7.91. The summed E-state index contributed by atoms with van der Waals surface area (Å²) in [5, 5.41) is 7.19. The Bertz CT molecular complexity index is 935. The van der Waals surface area contributed by atoms with Gasteiger partial charge in [-0.05, 0) is 24.1 Å². The zero-order chi connectivity index (χ0) is 22.5. The lowest BCUT2D eigenvalue weighted by molar-refractivity contribution is -0.134. The van der Waals surface area contributed by atoms with Gasteiger partial charge in [-0.2, -0.15) is 5.10 Å². The zero-order valence-electron chi connectivity index (χ0n) is 17.8. The maximum atomic E-state index is 13.9. The number of hydrogen-bond acceptors (Lipinski definition) is 5. The van der Waals surface area contributed by atoms with E-state index in [0.717, 1.165) is 12.0 Å². The largest absolute Gasteiger partial charge is 0.370 e. The third kappa shape index (κ3) is 6.25. The number of nitrogens with zero attached hydrogens (tertiary/aromatic N) is 4. The van der Waals surface area contributed by atoms with Gasteiger partial charge < -0.3 is 15.0 Å². The number of likely N-dealkylation sites (tertiary alicyclic amines) is 1. The van der Waals surface area contributed by atoms with Crippen molar-refractivity contribution in [2.45, 2.75) is 32.0 Å². The molecule has 0 radical (unpaired) electrons. The van der Waals surface area contributed by atoms with Crippen molar-refractivity contribution in [1.29, 1.82) is 0 Å². The van der Waals surface area contributed by atoms with Crippen molar-refractivity contribution in [2.24, 2.45) is 0 Å². The van der Waals surface area contributed by atoms with Gasteiger partial charge in [0.25, 0.3) is 0 Å². The molecule has 168 valence electrons. The minimum Gasteiger partial charge on any atom is -0.370 e. The fraction of sp³-hybridized carbons (Fsp3) is 0.476. The highest BCUT2D eigenvalue weighted by molar-refractivity contribution is 6.30. The van der Waals surface area contributed by atoms with Crippen LogP contribution in [0.4, 0.5) is 10.1 Å². The second-order valence-corrected chi connectivity index (χ2v) is 8.32. The molecule has 3 rings (SSSR count). The predicted octanol–water partition coefficient (Wildman–Crippen LogP) is 2.55. The van der Waals surface area contributed by atoms with E-state index in [-0.39, 0.29) is 35.5 Å². The molecule has 2 atom stereocenters. The Labute approximate surface area is 185 Å². The van der Waals surface area contributed by atoms with Gasteiger partial charge in [0, 0.05) is 46.3 Å². The van der Waals surface area contributed by atoms with Crippen molar-refractivity contribution in [3.63, 3.8) is 0 Å². The predicted molar refractivity (Wildman–Crippen MR) is 115 cm³/mol. The monoisotopic (exact) mass is 451 g/mol. The lowest BCUT2D eigenvalue weighted by Gasteiger charge is -2.24. The lowest BCUT2D eigenvalue weighted by Crippen LogP contribution is -2.34. The van der Waals surface area contributed by atoms with E-state index in [1.165, 1.54) is 17.9 Å². The molecule has 1 fully saturated rings. The van der Waals surface area contributed by atoms with Crippen molar-refractivity contribution in [3.05, 3.63) is 47.0 Å². The topological polar surface area (TPSA) is 79.7 Å². The first-order valence-electron chi connectivity index (χ1n) is 10.0. The van der Waals surface area contributed by atoms with E-state index in [0.29, 0.717) is 25.4 Å². The molecular weight excluding hydrogens is 425 g/mol. The molecule has 1 aromatic heterocycles. The van der Waals surface area contributed by atoms with Crippen LogP contribution in [0, 0.1) is 5.82 Å². The number of nitrogens with one attached hydrogen (secondary N) is 1. The number of aromatic nitrogens is 2. The first kappa shape index (κ1) is 23.2. The number of likely N-dealkylation sites (N-methyl/N-ethyl adjacent to an activating group) is 1. The molecule has 0 unspecified atom stereocenters. The quantitative estimate of drug-likeness (QED) is 0.667. The zero-order valence-corrected chi connectivity index (χ0v) is 18.6. The smallest absolute Gasteiger partial charge is 0.248 e. The summed E-state index contributed by atoms with van der Waals surface area (Å²) < 4.78 is 21.4. The highest BCUT2D eigenvalue weighted by Gasteiger charge is 2.34. The summed E-state index contributed by atoms with van der Waals surface area (Å²) in [4.78, 5) is 26.8. The third-order valence-electron chi connectivity index (χ3n) is 5.21. The highest BCUT2D eigenvalue weighted by Crippen LogP contribution is 2.30. The van der Waals surface area contributed by atoms with Crippen LogP contribution in [0.15, 0.2) is 30.6 Å². The summed E-state index contributed by atoms with van der Waals surface area (Å²) in [5.41, 5.74) is 1.44. The first-order chi connectivity index (χ1) is 14.7. The lowest BCUT2D eigenvalue weighted by atomic mass is 10.1. The van der Waals surface area contributed by atoms with Gasteiger partial charge >= 0.3 is 0 Å². The summed E-state index contributed by atoms with van der Waals surface area (Å²) in [6, 6.07) is 4.86. The van der Waals surface area contributed by atoms with Gasteiger partial charge in [0.15, 0.2) is 0 Å². The Kier molecular flexibility index (Phi) is 7.64. The van der Waals surface area contributed by atoms with Gasteiger partial charge in [-0.15, -0.1) is 0 Å². The number of anilines is 1. The van der Waals surface area contributed by atoms with Crippen LogP contribution in [0.2, 0.25) is 5.02 Å².